The lowest BCUT2D eigenvalue weighted by Gasteiger charge is -2.01. The summed E-state index contributed by atoms with van der Waals surface area (Å²) in [7, 11) is 0. The largest absolute Gasteiger partial charge is 0.237 e. The van der Waals surface area contributed by atoms with Crippen LogP contribution in [0.5, 0.6) is 0 Å². The van der Waals surface area contributed by atoms with Gasteiger partial charge in [0, 0.05) is 18.0 Å². The average Bonchev–Trinajstić information content (AvgIpc) is 2.39. The standard InChI is InChI=1S/C14H10N2/c1-2-5-12-10-13(7-6-11(12)4-1)14-15-8-3-9-16-14/h1-10H. The summed E-state index contributed by atoms with van der Waals surface area (Å²) in [5.74, 6) is 0.772. The maximum Gasteiger partial charge on any atom is 0.159 e. The first kappa shape index (κ1) is 9.04. The van der Waals surface area contributed by atoms with E-state index in [9.17, 15) is 0 Å². The van der Waals surface area contributed by atoms with E-state index in [1.165, 1.54) is 10.8 Å². The summed E-state index contributed by atoms with van der Waals surface area (Å²) < 4.78 is 0. The van der Waals surface area contributed by atoms with Crippen molar-refractivity contribution in [3.8, 4) is 11.4 Å². The van der Waals surface area contributed by atoms with Crippen LogP contribution >= 0.6 is 0 Å². The van der Waals surface area contributed by atoms with E-state index in [2.05, 4.69) is 40.3 Å². The molecule has 0 N–H and O–H groups in total. The Morgan fingerprint density at radius 3 is 2.25 bits per heavy atom. The second kappa shape index (κ2) is 3.74. The molecular formula is C14H10N2. The van der Waals surface area contributed by atoms with Crippen LogP contribution in [-0.4, -0.2) is 9.97 Å². The second-order valence-corrected chi connectivity index (χ2v) is 3.63. The van der Waals surface area contributed by atoms with Gasteiger partial charge in [0.1, 0.15) is 0 Å². The summed E-state index contributed by atoms with van der Waals surface area (Å²) in [6.07, 6.45) is 3.52. The highest BCUT2D eigenvalue weighted by Gasteiger charge is 2.00. The Morgan fingerprint density at radius 2 is 1.44 bits per heavy atom. The molecule has 0 saturated heterocycles. The fourth-order valence-corrected chi connectivity index (χ4v) is 1.78. The van der Waals surface area contributed by atoms with E-state index in [-0.39, 0.29) is 0 Å². The molecule has 0 amide bonds. The van der Waals surface area contributed by atoms with Crippen molar-refractivity contribution >= 4 is 10.8 Å². The van der Waals surface area contributed by atoms with E-state index >= 15 is 0 Å². The van der Waals surface area contributed by atoms with Crippen LogP contribution in [0.4, 0.5) is 0 Å². The summed E-state index contributed by atoms with van der Waals surface area (Å²) in [6.45, 7) is 0. The Bertz CT molecular complexity index is 618. The number of hydrogen-bond donors (Lipinski definition) is 0. The van der Waals surface area contributed by atoms with Crippen LogP contribution in [0.3, 0.4) is 0 Å². The molecule has 1 aromatic heterocycles. The van der Waals surface area contributed by atoms with Gasteiger partial charge in [-0.25, -0.2) is 9.97 Å². The zero-order valence-corrected chi connectivity index (χ0v) is 8.67. The van der Waals surface area contributed by atoms with Gasteiger partial charge in [-0.05, 0) is 22.9 Å². The molecular weight excluding hydrogens is 196 g/mol. The van der Waals surface area contributed by atoms with Crippen LogP contribution in [0.1, 0.15) is 0 Å². The van der Waals surface area contributed by atoms with Crippen LogP contribution in [-0.2, 0) is 0 Å². The number of nitrogens with zero attached hydrogens (tertiary/aromatic N) is 2. The maximum absolute atomic E-state index is 4.24. The summed E-state index contributed by atoms with van der Waals surface area (Å²) in [5.41, 5.74) is 1.05. The van der Waals surface area contributed by atoms with E-state index in [0.29, 0.717) is 0 Å². The topological polar surface area (TPSA) is 25.8 Å². The van der Waals surface area contributed by atoms with E-state index in [4.69, 9.17) is 0 Å². The van der Waals surface area contributed by atoms with Gasteiger partial charge in [0.15, 0.2) is 5.82 Å². The van der Waals surface area contributed by atoms with E-state index < -0.39 is 0 Å². The fourth-order valence-electron chi connectivity index (χ4n) is 1.78. The first-order valence-electron chi connectivity index (χ1n) is 5.20. The summed E-state index contributed by atoms with van der Waals surface area (Å²) >= 11 is 0. The molecule has 0 aliphatic carbocycles. The zero-order valence-electron chi connectivity index (χ0n) is 8.67. The van der Waals surface area contributed by atoms with Gasteiger partial charge in [-0.1, -0.05) is 36.4 Å². The molecule has 0 unspecified atom stereocenters. The van der Waals surface area contributed by atoms with Gasteiger partial charge in [0.05, 0.1) is 0 Å². The van der Waals surface area contributed by atoms with Crippen molar-refractivity contribution in [3.63, 3.8) is 0 Å². The van der Waals surface area contributed by atoms with Crippen molar-refractivity contribution in [1.29, 1.82) is 0 Å². The Kier molecular flexibility index (Phi) is 2.11. The minimum Gasteiger partial charge on any atom is -0.237 e. The summed E-state index contributed by atoms with van der Waals surface area (Å²) in [6, 6.07) is 16.4. The maximum atomic E-state index is 4.24. The molecule has 0 radical (unpaired) electrons. The molecule has 2 heteroatoms. The highest BCUT2D eigenvalue weighted by molar-refractivity contribution is 5.86. The molecule has 1 heterocycles. The molecule has 0 aliphatic heterocycles. The van der Waals surface area contributed by atoms with Gasteiger partial charge >= 0.3 is 0 Å². The summed E-state index contributed by atoms with van der Waals surface area (Å²) in [5, 5.41) is 2.45. The van der Waals surface area contributed by atoms with Crippen molar-refractivity contribution in [2.75, 3.05) is 0 Å². The first-order valence-corrected chi connectivity index (χ1v) is 5.20. The van der Waals surface area contributed by atoms with Gasteiger partial charge in [0.25, 0.3) is 0 Å². The SMILES string of the molecule is c1cnc(-c2ccc3ccccc3c2)nc1. The predicted octanol–water partition coefficient (Wildman–Crippen LogP) is 3.30. The fraction of sp³-hybridized carbons (Fsp3) is 0. The lowest BCUT2D eigenvalue weighted by Crippen LogP contribution is -1.86. The molecule has 0 aliphatic rings. The highest BCUT2D eigenvalue weighted by atomic mass is 14.8. The second-order valence-electron chi connectivity index (χ2n) is 3.63. The molecule has 76 valence electrons. The van der Waals surface area contributed by atoms with Gasteiger partial charge in [-0.15, -0.1) is 0 Å². The number of aromatic nitrogens is 2. The third kappa shape index (κ3) is 1.54. The smallest absolute Gasteiger partial charge is 0.159 e. The molecule has 3 aromatic rings. The minimum absolute atomic E-state index is 0.772. The lowest BCUT2D eigenvalue weighted by atomic mass is 10.1. The quantitative estimate of drug-likeness (QED) is 0.610. The first-order chi connectivity index (χ1) is 7.93. The van der Waals surface area contributed by atoms with Crippen molar-refractivity contribution in [2.45, 2.75) is 0 Å². The normalized spacial score (nSPS) is 10.5. The summed E-state index contributed by atoms with van der Waals surface area (Å²) in [4.78, 5) is 8.49. The predicted molar refractivity (Wildman–Crippen MR) is 65.0 cm³/mol. The molecule has 0 saturated carbocycles. The van der Waals surface area contributed by atoms with Gasteiger partial charge in [-0.3, -0.25) is 0 Å². The molecule has 2 nitrogen and oxygen atoms in total. The van der Waals surface area contributed by atoms with Crippen LogP contribution < -0.4 is 0 Å². The Hall–Kier alpha value is -2.22. The molecule has 16 heavy (non-hydrogen) atoms. The molecule has 0 atom stereocenters. The van der Waals surface area contributed by atoms with E-state index in [0.717, 1.165) is 11.4 Å². The highest BCUT2D eigenvalue weighted by Crippen LogP contribution is 2.21. The third-order valence-electron chi connectivity index (χ3n) is 2.57. The third-order valence-corrected chi connectivity index (χ3v) is 2.57. The van der Waals surface area contributed by atoms with Crippen molar-refractivity contribution in [3.05, 3.63) is 60.9 Å². The molecule has 0 bridgehead atoms. The molecule has 3 rings (SSSR count). The Balaban J connectivity index is 2.19. The number of benzene rings is 2. The van der Waals surface area contributed by atoms with Crippen molar-refractivity contribution < 1.29 is 0 Å². The number of hydrogen-bond acceptors (Lipinski definition) is 2. The molecule has 0 fully saturated rings. The van der Waals surface area contributed by atoms with Crippen LogP contribution in [0.15, 0.2) is 60.9 Å². The zero-order chi connectivity index (χ0) is 10.8. The lowest BCUT2D eigenvalue weighted by molar-refractivity contribution is 1.18. The molecule has 2 aromatic carbocycles. The van der Waals surface area contributed by atoms with E-state index in [1.54, 1.807) is 12.4 Å². The van der Waals surface area contributed by atoms with Gasteiger partial charge in [0.2, 0.25) is 0 Å². The Morgan fingerprint density at radius 1 is 0.688 bits per heavy atom. The van der Waals surface area contributed by atoms with Gasteiger partial charge < -0.3 is 0 Å². The number of fused-ring (bicyclic) bond motifs is 1. The molecule has 0 spiro atoms. The minimum atomic E-state index is 0.772. The monoisotopic (exact) mass is 206 g/mol. The van der Waals surface area contributed by atoms with Crippen molar-refractivity contribution in [1.82, 2.24) is 9.97 Å². The van der Waals surface area contributed by atoms with Crippen LogP contribution in [0.25, 0.3) is 22.2 Å². The van der Waals surface area contributed by atoms with Crippen LogP contribution in [0, 0.1) is 0 Å². The average molecular weight is 206 g/mol. The number of rotatable bonds is 1. The van der Waals surface area contributed by atoms with E-state index in [1.807, 2.05) is 18.2 Å². The van der Waals surface area contributed by atoms with Gasteiger partial charge in [-0.2, -0.15) is 0 Å². The van der Waals surface area contributed by atoms with Crippen molar-refractivity contribution in [2.24, 2.45) is 0 Å². The van der Waals surface area contributed by atoms with Crippen LogP contribution in [0.2, 0.25) is 0 Å². The Labute approximate surface area is 93.6 Å².